The Morgan fingerprint density at radius 1 is 0.889 bits per heavy atom. The molecular weight excluding hydrogens is 454 g/mol. The number of methoxy groups -OCH3 is 1. The molecule has 1 aliphatic rings. The molecule has 0 atom stereocenters. The molecule has 1 amide bonds. The molecule has 1 fully saturated rings. The zero-order valence-electron chi connectivity index (χ0n) is 21.1. The average Bonchev–Trinajstić information content (AvgIpc) is 2.89. The van der Waals surface area contributed by atoms with Crippen molar-refractivity contribution in [2.45, 2.75) is 26.5 Å². The lowest BCUT2D eigenvalue weighted by molar-refractivity contribution is 0.0600. The van der Waals surface area contributed by atoms with Crippen molar-refractivity contribution in [2.75, 3.05) is 43.5 Å². The molecule has 4 rings (SSSR count). The number of nitrogens with one attached hydrogen (secondary N) is 1. The Kier molecular flexibility index (Phi) is 8.23. The third-order valence-electron chi connectivity index (χ3n) is 6.12. The van der Waals surface area contributed by atoms with E-state index in [1.54, 1.807) is 36.4 Å². The van der Waals surface area contributed by atoms with Crippen molar-refractivity contribution >= 4 is 23.3 Å². The van der Waals surface area contributed by atoms with Crippen molar-refractivity contribution in [1.82, 2.24) is 4.90 Å². The Morgan fingerprint density at radius 3 is 2.19 bits per heavy atom. The first kappa shape index (κ1) is 25.3. The summed E-state index contributed by atoms with van der Waals surface area (Å²) in [5, 5.41) is 3.01. The molecular formula is C29H33N3O4. The molecule has 0 unspecified atom stereocenters. The highest BCUT2D eigenvalue weighted by molar-refractivity contribution is 6.07. The van der Waals surface area contributed by atoms with Crippen LogP contribution in [0.4, 0.5) is 11.4 Å². The minimum atomic E-state index is -0.445. The Labute approximate surface area is 212 Å². The number of benzene rings is 3. The van der Waals surface area contributed by atoms with Crippen LogP contribution in [0.15, 0.2) is 72.8 Å². The van der Waals surface area contributed by atoms with E-state index in [-0.39, 0.29) is 12.0 Å². The summed E-state index contributed by atoms with van der Waals surface area (Å²) in [6.45, 7) is 8.26. The maximum atomic E-state index is 13.1. The van der Waals surface area contributed by atoms with E-state index in [1.807, 2.05) is 26.0 Å². The van der Waals surface area contributed by atoms with Crippen molar-refractivity contribution in [3.8, 4) is 5.75 Å². The first-order chi connectivity index (χ1) is 17.4. The lowest BCUT2D eigenvalue weighted by atomic mass is 10.1. The van der Waals surface area contributed by atoms with Crippen molar-refractivity contribution in [2.24, 2.45) is 0 Å². The van der Waals surface area contributed by atoms with Crippen LogP contribution < -0.4 is 15.0 Å². The van der Waals surface area contributed by atoms with Crippen LogP contribution >= 0.6 is 0 Å². The number of carbonyl (C=O) groups excluding carboxylic acids is 2. The fourth-order valence-electron chi connectivity index (χ4n) is 4.30. The summed E-state index contributed by atoms with van der Waals surface area (Å²) in [6.07, 6.45) is 0.0569. The number of hydrogen-bond donors (Lipinski definition) is 1. The Hall–Kier alpha value is -3.84. The minimum Gasteiger partial charge on any atom is -0.491 e. The highest BCUT2D eigenvalue weighted by Gasteiger charge is 2.22. The van der Waals surface area contributed by atoms with Gasteiger partial charge in [0.1, 0.15) is 5.75 Å². The summed E-state index contributed by atoms with van der Waals surface area (Å²) in [5.41, 5.74) is 3.66. The maximum absolute atomic E-state index is 13.1. The number of hydrogen-bond acceptors (Lipinski definition) is 6. The third-order valence-corrected chi connectivity index (χ3v) is 6.12. The molecule has 3 aromatic rings. The Bertz CT molecular complexity index is 1170. The summed E-state index contributed by atoms with van der Waals surface area (Å²) < 4.78 is 10.6. The van der Waals surface area contributed by atoms with Crippen molar-refractivity contribution in [3.63, 3.8) is 0 Å². The van der Waals surface area contributed by atoms with Crippen LogP contribution in [0.25, 0.3) is 0 Å². The van der Waals surface area contributed by atoms with Gasteiger partial charge in [0.25, 0.3) is 5.91 Å². The molecule has 0 saturated carbocycles. The van der Waals surface area contributed by atoms with E-state index in [0.717, 1.165) is 38.4 Å². The number of nitrogens with zero attached hydrogens (tertiary/aromatic N) is 2. The number of esters is 1. The van der Waals surface area contributed by atoms with Gasteiger partial charge in [-0.15, -0.1) is 0 Å². The van der Waals surface area contributed by atoms with Gasteiger partial charge in [-0.05, 0) is 61.9 Å². The molecule has 0 aliphatic carbocycles. The topological polar surface area (TPSA) is 71.1 Å². The standard InChI is InChI=1S/C29H33N3O4/c1-21(2)36-25-12-9-23(10-13-25)28(33)30-26-19-24(29(34)35-3)11-14-27(26)32-17-15-31(16-18-32)20-22-7-5-4-6-8-22/h4-14,19,21H,15-18,20H2,1-3H3,(H,30,33). The molecule has 7 heteroatoms. The Morgan fingerprint density at radius 2 is 1.56 bits per heavy atom. The smallest absolute Gasteiger partial charge is 0.337 e. The first-order valence-corrected chi connectivity index (χ1v) is 12.2. The number of anilines is 2. The van der Waals surface area contributed by atoms with Crippen LogP contribution in [0, 0.1) is 0 Å². The van der Waals surface area contributed by atoms with Gasteiger partial charge in [-0.3, -0.25) is 9.69 Å². The van der Waals surface area contributed by atoms with E-state index in [2.05, 4.69) is 39.4 Å². The van der Waals surface area contributed by atoms with Gasteiger partial charge in [-0.1, -0.05) is 30.3 Å². The minimum absolute atomic E-state index is 0.0569. The number of carbonyl (C=O) groups is 2. The predicted octanol–water partition coefficient (Wildman–Crippen LogP) is 4.83. The van der Waals surface area contributed by atoms with E-state index in [0.29, 0.717) is 22.6 Å². The van der Waals surface area contributed by atoms with Gasteiger partial charge in [0.2, 0.25) is 0 Å². The summed E-state index contributed by atoms with van der Waals surface area (Å²) in [4.78, 5) is 29.9. The molecule has 0 aromatic heterocycles. The fourth-order valence-corrected chi connectivity index (χ4v) is 4.30. The predicted molar refractivity (Wildman–Crippen MR) is 142 cm³/mol. The monoisotopic (exact) mass is 487 g/mol. The van der Waals surface area contributed by atoms with Gasteiger partial charge >= 0.3 is 5.97 Å². The van der Waals surface area contributed by atoms with E-state index in [9.17, 15) is 9.59 Å². The van der Waals surface area contributed by atoms with Crippen LogP contribution in [-0.4, -0.2) is 56.2 Å². The molecule has 7 nitrogen and oxygen atoms in total. The number of amides is 1. The zero-order valence-corrected chi connectivity index (χ0v) is 21.1. The summed E-state index contributed by atoms with van der Waals surface area (Å²) in [6, 6.07) is 22.8. The molecule has 1 heterocycles. The second-order valence-corrected chi connectivity index (χ2v) is 9.12. The van der Waals surface area contributed by atoms with Crippen LogP contribution in [0.1, 0.15) is 40.1 Å². The van der Waals surface area contributed by atoms with Crippen LogP contribution in [0.5, 0.6) is 5.75 Å². The van der Waals surface area contributed by atoms with E-state index < -0.39 is 5.97 Å². The molecule has 188 valence electrons. The summed E-state index contributed by atoms with van der Waals surface area (Å²) >= 11 is 0. The quantitative estimate of drug-likeness (QED) is 0.459. The van der Waals surface area contributed by atoms with Gasteiger partial charge in [-0.2, -0.15) is 0 Å². The lowest BCUT2D eigenvalue weighted by Gasteiger charge is -2.37. The highest BCUT2D eigenvalue weighted by Crippen LogP contribution is 2.30. The molecule has 36 heavy (non-hydrogen) atoms. The van der Waals surface area contributed by atoms with Gasteiger partial charge < -0.3 is 19.7 Å². The number of ether oxygens (including phenoxy) is 2. The fraction of sp³-hybridized carbons (Fsp3) is 0.310. The first-order valence-electron chi connectivity index (χ1n) is 12.2. The normalized spacial score (nSPS) is 13.9. The number of piperazine rings is 1. The SMILES string of the molecule is COC(=O)c1ccc(N2CCN(Cc3ccccc3)CC2)c(NC(=O)c2ccc(OC(C)C)cc2)c1. The lowest BCUT2D eigenvalue weighted by Crippen LogP contribution is -2.46. The highest BCUT2D eigenvalue weighted by atomic mass is 16.5. The average molecular weight is 488 g/mol. The number of rotatable bonds is 8. The van der Waals surface area contributed by atoms with Crippen LogP contribution in [-0.2, 0) is 11.3 Å². The Balaban J connectivity index is 1.49. The molecule has 0 spiro atoms. The van der Waals surface area contributed by atoms with E-state index in [1.165, 1.54) is 12.7 Å². The van der Waals surface area contributed by atoms with E-state index in [4.69, 9.17) is 9.47 Å². The van der Waals surface area contributed by atoms with Crippen LogP contribution in [0.2, 0.25) is 0 Å². The molecule has 1 aliphatic heterocycles. The van der Waals surface area contributed by atoms with Crippen LogP contribution in [0.3, 0.4) is 0 Å². The second-order valence-electron chi connectivity index (χ2n) is 9.12. The van der Waals surface area contributed by atoms with Gasteiger partial charge in [0, 0.05) is 38.3 Å². The van der Waals surface area contributed by atoms with Gasteiger partial charge in [0.15, 0.2) is 0 Å². The summed E-state index contributed by atoms with van der Waals surface area (Å²) in [7, 11) is 1.35. The summed E-state index contributed by atoms with van der Waals surface area (Å²) in [5.74, 6) is 0.0142. The van der Waals surface area contributed by atoms with Crippen molar-refractivity contribution in [3.05, 3.63) is 89.5 Å². The third kappa shape index (κ3) is 6.43. The molecule has 1 N–H and O–H groups in total. The molecule has 1 saturated heterocycles. The van der Waals surface area contributed by atoms with Gasteiger partial charge in [-0.25, -0.2) is 4.79 Å². The molecule has 3 aromatic carbocycles. The molecule has 0 bridgehead atoms. The largest absolute Gasteiger partial charge is 0.491 e. The molecule has 0 radical (unpaired) electrons. The van der Waals surface area contributed by atoms with Crippen molar-refractivity contribution in [1.29, 1.82) is 0 Å². The van der Waals surface area contributed by atoms with Gasteiger partial charge in [0.05, 0.1) is 30.2 Å². The van der Waals surface area contributed by atoms with Crippen molar-refractivity contribution < 1.29 is 19.1 Å². The zero-order chi connectivity index (χ0) is 25.5. The maximum Gasteiger partial charge on any atom is 0.337 e. The van der Waals surface area contributed by atoms with E-state index >= 15 is 0 Å². The second kappa shape index (κ2) is 11.7.